The number of benzene rings is 2. The number of rotatable bonds is 8. The first-order valence-electron chi connectivity index (χ1n) is 13.3. The van der Waals surface area contributed by atoms with Crippen LogP contribution in [0.1, 0.15) is 63.1 Å². The second kappa shape index (κ2) is 11.5. The van der Waals surface area contributed by atoms with Crippen molar-refractivity contribution in [3.8, 4) is 5.75 Å². The van der Waals surface area contributed by atoms with Gasteiger partial charge in [-0.05, 0) is 56.0 Å². The van der Waals surface area contributed by atoms with Crippen LogP contribution in [0.3, 0.4) is 0 Å². The van der Waals surface area contributed by atoms with Crippen molar-refractivity contribution in [3.63, 3.8) is 0 Å². The molecule has 1 amide bonds. The molecule has 7 heteroatoms. The molecule has 4 atom stereocenters. The number of carboxylic acid groups (broad SMARTS) is 1. The molecular formula is C31H38ClNO5. The van der Waals surface area contributed by atoms with Crippen LogP contribution >= 0.6 is 11.6 Å². The Morgan fingerprint density at radius 1 is 1.05 bits per heavy atom. The third-order valence-corrected chi connectivity index (χ3v) is 8.74. The first-order chi connectivity index (χ1) is 18.1. The standard InChI is InChI=1S/C31H38ClNO5/c1-19(23-18-22(32)16-17-24(23)37-4)25-26(31(2,3)38-5)28(30(35)36)33(27(25)20-12-8-6-9-13-20)29(34)21-14-10-7-11-15-21/h6,8-9,12-13,16-18,21,25-28H,1,7,10-11,14-15H2,2-5H3,(H,35,36). The summed E-state index contributed by atoms with van der Waals surface area (Å²) in [6.45, 7) is 8.28. The van der Waals surface area contributed by atoms with E-state index >= 15 is 0 Å². The number of nitrogens with zero attached hydrogens (tertiary/aromatic N) is 1. The van der Waals surface area contributed by atoms with E-state index in [-0.39, 0.29) is 11.8 Å². The Morgan fingerprint density at radius 2 is 1.71 bits per heavy atom. The van der Waals surface area contributed by atoms with Gasteiger partial charge >= 0.3 is 5.97 Å². The maximum Gasteiger partial charge on any atom is 0.326 e. The van der Waals surface area contributed by atoms with Crippen molar-refractivity contribution in [1.29, 1.82) is 0 Å². The Balaban J connectivity index is 1.97. The molecule has 1 aliphatic carbocycles. The van der Waals surface area contributed by atoms with Crippen LogP contribution < -0.4 is 4.74 Å². The van der Waals surface area contributed by atoms with Crippen molar-refractivity contribution < 1.29 is 24.2 Å². The van der Waals surface area contributed by atoms with Crippen molar-refractivity contribution in [3.05, 3.63) is 71.3 Å². The van der Waals surface area contributed by atoms with Gasteiger partial charge in [0.2, 0.25) is 5.91 Å². The van der Waals surface area contributed by atoms with Gasteiger partial charge in [-0.3, -0.25) is 4.79 Å². The molecule has 2 aromatic rings. The van der Waals surface area contributed by atoms with Crippen molar-refractivity contribution >= 4 is 29.1 Å². The Kier molecular flexibility index (Phi) is 8.53. The van der Waals surface area contributed by atoms with Crippen LogP contribution in [0.5, 0.6) is 5.75 Å². The predicted molar refractivity (Wildman–Crippen MR) is 149 cm³/mol. The Bertz CT molecular complexity index is 1170. The smallest absolute Gasteiger partial charge is 0.326 e. The molecule has 4 rings (SSSR count). The van der Waals surface area contributed by atoms with Gasteiger partial charge < -0.3 is 19.5 Å². The molecule has 0 aromatic heterocycles. The van der Waals surface area contributed by atoms with Crippen LogP contribution in [0.15, 0.2) is 55.1 Å². The number of carbonyl (C=O) groups is 2. The molecule has 1 N–H and O–H groups in total. The van der Waals surface area contributed by atoms with Gasteiger partial charge in [-0.2, -0.15) is 0 Å². The average Bonchev–Trinajstić information content (AvgIpc) is 3.30. The molecule has 1 aliphatic heterocycles. The molecule has 4 unspecified atom stereocenters. The van der Waals surface area contributed by atoms with Gasteiger partial charge in [0.15, 0.2) is 0 Å². The molecule has 1 heterocycles. The van der Waals surface area contributed by atoms with Gasteiger partial charge in [0.1, 0.15) is 11.8 Å². The molecule has 1 saturated carbocycles. The van der Waals surface area contributed by atoms with E-state index in [4.69, 9.17) is 21.1 Å². The number of likely N-dealkylation sites (tertiary alicyclic amines) is 1. The third-order valence-electron chi connectivity index (χ3n) is 8.51. The molecule has 0 spiro atoms. The minimum atomic E-state index is -1.10. The monoisotopic (exact) mass is 539 g/mol. The molecule has 0 bridgehead atoms. The fraction of sp³-hybridized carbons (Fsp3) is 0.484. The SMILES string of the molecule is C=C(c1cc(Cl)ccc1OC)C1C(c2ccccc2)N(C(=O)C2CCCCC2)C(C(=O)O)C1C(C)(C)OC. The fourth-order valence-corrected chi connectivity index (χ4v) is 6.68. The fourth-order valence-electron chi connectivity index (χ4n) is 6.50. The predicted octanol–water partition coefficient (Wildman–Crippen LogP) is 6.64. The van der Waals surface area contributed by atoms with Crippen LogP contribution in [0.25, 0.3) is 5.57 Å². The molecule has 204 valence electrons. The number of hydrogen-bond donors (Lipinski definition) is 1. The quantitative estimate of drug-likeness (QED) is 0.407. The topological polar surface area (TPSA) is 76.1 Å². The molecule has 38 heavy (non-hydrogen) atoms. The largest absolute Gasteiger partial charge is 0.496 e. The summed E-state index contributed by atoms with van der Waals surface area (Å²) in [5, 5.41) is 11.2. The van der Waals surface area contributed by atoms with Gasteiger partial charge in [0.05, 0.1) is 18.8 Å². The van der Waals surface area contributed by atoms with Crippen LogP contribution in [-0.2, 0) is 14.3 Å². The zero-order valence-corrected chi connectivity index (χ0v) is 23.4. The van der Waals surface area contributed by atoms with E-state index in [0.717, 1.165) is 37.7 Å². The zero-order valence-electron chi connectivity index (χ0n) is 22.7. The van der Waals surface area contributed by atoms with Gasteiger partial charge in [-0.1, -0.05) is 67.8 Å². The number of hydrogen-bond acceptors (Lipinski definition) is 4. The number of halogens is 1. The maximum atomic E-state index is 14.3. The minimum Gasteiger partial charge on any atom is -0.496 e. The van der Waals surface area contributed by atoms with Crippen LogP contribution in [0.2, 0.25) is 5.02 Å². The highest BCUT2D eigenvalue weighted by atomic mass is 35.5. The summed E-state index contributed by atoms with van der Waals surface area (Å²) < 4.78 is 11.6. The highest BCUT2D eigenvalue weighted by Crippen LogP contribution is 2.56. The van der Waals surface area contributed by atoms with E-state index in [2.05, 4.69) is 6.58 Å². The second-order valence-electron chi connectivity index (χ2n) is 10.9. The van der Waals surface area contributed by atoms with E-state index in [0.29, 0.717) is 21.9 Å². The summed E-state index contributed by atoms with van der Waals surface area (Å²) in [5.74, 6) is -1.83. The molecule has 2 aromatic carbocycles. The van der Waals surface area contributed by atoms with E-state index in [1.54, 1.807) is 37.3 Å². The summed E-state index contributed by atoms with van der Waals surface area (Å²) in [7, 11) is 3.17. The number of aliphatic carboxylic acids is 1. The van der Waals surface area contributed by atoms with Crippen molar-refractivity contribution in [2.75, 3.05) is 14.2 Å². The molecule has 2 fully saturated rings. The zero-order chi connectivity index (χ0) is 27.6. The van der Waals surface area contributed by atoms with Crippen LogP contribution in [0, 0.1) is 17.8 Å². The second-order valence-corrected chi connectivity index (χ2v) is 11.4. The molecule has 0 radical (unpaired) electrons. The summed E-state index contributed by atoms with van der Waals surface area (Å²) in [4.78, 5) is 29.0. The normalized spacial score (nSPS) is 24.3. The number of carboxylic acids is 1. The summed E-state index contributed by atoms with van der Waals surface area (Å²) in [5.41, 5.74) is 1.33. The lowest BCUT2D eigenvalue weighted by Gasteiger charge is -2.38. The van der Waals surface area contributed by atoms with Crippen molar-refractivity contribution in [2.45, 2.75) is 63.6 Å². The Hall–Kier alpha value is -2.83. The summed E-state index contributed by atoms with van der Waals surface area (Å²) >= 11 is 6.41. The summed E-state index contributed by atoms with van der Waals surface area (Å²) in [6, 6.07) is 13.3. The van der Waals surface area contributed by atoms with Gasteiger partial charge in [-0.25, -0.2) is 4.79 Å². The van der Waals surface area contributed by atoms with Gasteiger partial charge in [0.25, 0.3) is 0 Å². The van der Waals surface area contributed by atoms with Gasteiger partial charge in [-0.15, -0.1) is 0 Å². The maximum absolute atomic E-state index is 14.3. The summed E-state index contributed by atoms with van der Waals surface area (Å²) in [6.07, 6.45) is 4.59. The number of amides is 1. The van der Waals surface area contributed by atoms with E-state index in [9.17, 15) is 14.7 Å². The molecular weight excluding hydrogens is 502 g/mol. The van der Waals surface area contributed by atoms with Crippen LogP contribution in [0.4, 0.5) is 0 Å². The lowest BCUT2D eigenvalue weighted by molar-refractivity contribution is -0.156. The van der Waals surface area contributed by atoms with Crippen LogP contribution in [-0.4, -0.2) is 47.7 Å². The van der Waals surface area contributed by atoms with E-state index < -0.39 is 35.5 Å². The van der Waals surface area contributed by atoms with Gasteiger partial charge in [0, 0.05) is 35.4 Å². The highest BCUT2D eigenvalue weighted by Gasteiger charge is 2.60. The Morgan fingerprint density at radius 3 is 2.29 bits per heavy atom. The first kappa shape index (κ1) is 28.2. The molecule has 1 saturated heterocycles. The number of methoxy groups -OCH3 is 2. The number of ether oxygens (including phenoxy) is 2. The minimum absolute atomic E-state index is 0.101. The molecule has 2 aliphatic rings. The van der Waals surface area contributed by atoms with E-state index in [1.807, 2.05) is 44.2 Å². The highest BCUT2D eigenvalue weighted by molar-refractivity contribution is 6.30. The third kappa shape index (κ3) is 5.21. The average molecular weight is 540 g/mol. The lowest BCUT2D eigenvalue weighted by atomic mass is 9.70. The van der Waals surface area contributed by atoms with E-state index in [1.165, 1.54) is 0 Å². The van der Waals surface area contributed by atoms with Crippen molar-refractivity contribution in [2.24, 2.45) is 17.8 Å². The first-order valence-corrected chi connectivity index (χ1v) is 13.7. The Labute approximate surface area is 230 Å². The van der Waals surface area contributed by atoms with Crippen molar-refractivity contribution in [1.82, 2.24) is 4.90 Å². The lowest BCUT2D eigenvalue weighted by Crippen LogP contribution is -2.51. The molecule has 6 nitrogen and oxygen atoms in total. The number of carbonyl (C=O) groups excluding carboxylic acids is 1.